The fourth-order valence-electron chi connectivity index (χ4n) is 1.64. The monoisotopic (exact) mass is 238 g/mol. The van der Waals surface area contributed by atoms with Crippen LogP contribution in [-0.4, -0.2) is 17.1 Å². The number of halogens is 1. The van der Waals surface area contributed by atoms with E-state index in [2.05, 4.69) is 16.9 Å². The van der Waals surface area contributed by atoms with Crippen molar-refractivity contribution < 1.29 is 4.74 Å². The van der Waals surface area contributed by atoms with Crippen LogP contribution in [0.25, 0.3) is 11.0 Å². The first kappa shape index (κ1) is 11.4. The SMILES string of the molecule is CCC(C)(OC)c1nc2ccc(Cl)cc2[nH]1. The van der Waals surface area contributed by atoms with Crippen molar-refractivity contribution in [1.29, 1.82) is 0 Å². The van der Waals surface area contributed by atoms with Gasteiger partial charge in [-0.25, -0.2) is 4.98 Å². The maximum Gasteiger partial charge on any atom is 0.139 e. The van der Waals surface area contributed by atoms with Gasteiger partial charge >= 0.3 is 0 Å². The van der Waals surface area contributed by atoms with Crippen molar-refractivity contribution in [2.45, 2.75) is 25.9 Å². The first-order chi connectivity index (χ1) is 7.59. The number of methoxy groups -OCH3 is 1. The summed E-state index contributed by atoms with van der Waals surface area (Å²) in [7, 11) is 1.70. The predicted molar refractivity (Wildman–Crippen MR) is 65.8 cm³/mol. The number of ether oxygens (including phenoxy) is 1. The van der Waals surface area contributed by atoms with Crippen LogP contribution in [0.4, 0.5) is 0 Å². The number of nitrogens with one attached hydrogen (secondary N) is 1. The summed E-state index contributed by atoms with van der Waals surface area (Å²) >= 11 is 5.93. The van der Waals surface area contributed by atoms with Gasteiger partial charge in [-0.05, 0) is 31.5 Å². The molecule has 1 aromatic heterocycles. The van der Waals surface area contributed by atoms with E-state index in [0.29, 0.717) is 5.02 Å². The summed E-state index contributed by atoms with van der Waals surface area (Å²) in [5, 5.41) is 0.707. The van der Waals surface area contributed by atoms with Crippen LogP contribution in [0.3, 0.4) is 0 Å². The smallest absolute Gasteiger partial charge is 0.139 e. The third kappa shape index (κ3) is 1.81. The second-order valence-electron chi connectivity index (χ2n) is 4.04. The number of benzene rings is 1. The average molecular weight is 239 g/mol. The van der Waals surface area contributed by atoms with Gasteiger partial charge in [0.05, 0.1) is 11.0 Å². The molecule has 0 spiro atoms. The van der Waals surface area contributed by atoms with Crippen LogP contribution in [0.2, 0.25) is 5.02 Å². The second-order valence-corrected chi connectivity index (χ2v) is 4.47. The van der Waals surface area contributed by atoms with Crippen molar-refractivity contribution in [3.8, 4) is 0 Å². The zero-order valence-electron chi connectivity index (χ0n) is 9.67. The lowest BCUT2D eigenvalue weighted by Gasteiger charge is -2.23. The lowest BCUT2D eigenvalue weighted by Crippen LogP contribution is -2.24. The van der Waals surface area contributed by atoms with E-state index in [0.717, 1.165) is 23.3 Å². The number of rotatable bonds is 3. The van der Waals surface area contributed by atoms with Crippen LogP contribution in [0.5, 0.6) is 0 Å². The topological polar surface area (TPSA) is 37.9 Å². The van der Waals surface area contributed by atoms with E-state index in [-0.39, 0.29) is 5.60 Å². The molecular formula is C12H15ClN2O. The fraction of sp³-hybridized carbons (Fsp3) is 0.417. The quantitative estimate of drug-likeness (QED) is 0.889. The zero-order valence-corrected chi connectivity index (χ0v) is 10.4. The van der Waals surface area contributed by atoms with Crippen LogP contribution in [0.15, 0.2) is 18.2 Å². The molecule has 0 aliphatic rings. The van der Waals surface area contributed by atoms with E-state index in [9.17, 15) is 0 Å². The molecule has 0 saturated carbocycles. The molecule has 1 N–H and O–H groups in total. The first-order valence-electron chi connectivity index (χ1n) is 5.30. The molecule has 0 radical (unpaired) electrons. The van der Waals surface area contributed by atoms with E-state index >= 15 is 0 Å². The van der Waals surface area contributed by atoms with Crippen LogP contribution >= 0.6 is 11.6 Å². The number of aromatic amines is 1. The summed E-state index contributed by atoms with van der Waals surface area (Å²) < 4.78 is 5.51. The maximum atomic E-state index is 5.93. The highest BCUT2D eigenvalue weighted by Gasteiger charge is 2.27. The second kappa shape index (κ2) is 4.07. The Hall–Kier alpha value is -1.06. The molecule has 1 aromatic carbocycles. The van der Waals surface area contributed by atoms with E-state index < -0.39 is 0 Å². The molecule has 1 unspecified atom stereocenters. The molecule has 0 aliphatic carbocycles. The number of hydrogen-bond donors (Lipinski definition) is 1. The van der Waals surface area contributed by atoms with Crippen molar-refractivity contribution in [2.75, 3.05) is 7.11 Å². The lowest BCUT2D eigenvalue weighted by molar-refractivity contribution is -0.00803. The highest BCUT2D eigenvalue weighted by Crippen LogP contribution is 2.28. The normalized spacial score (nSPS) is 15.2. The van der Waals surface area contributed by atoms with Gasteiger partial charge in [-0.1, -0.05) is 18.5 Å². The Bertz CT molecular complexity index is 503. The molecular weight excluding hydrogens is 224 g/mol. The Balaban J connectivity index is 2.54. The Kier molecular flexibility index (Phi) is 2.91. The molecule has 1 atom stereocenters. The highest BCUT2D eigenvalue weighted by atomic mass is 35.5. The summed E-state index contributed by atoms with van der Waals surface area (Å²) in [6, 6.07) is 5.62. The van der Waals surface area contributed by atoms with Crippen molar-refractivity contribution in [3.05, 3.63) is 29.0 Å². The van der Waals surface area contributed by atoms with E-state index in [1.54, 1.807) is 7.11 Å². The molecule has 0 fully saturated rings. The van der Waals surface area contributed by atoms with Crippen LogP contribution in [0, 0.1) is 0 Å². The summed E-state index contributed by atoms with van der Waals surface area (Å²) in [6.07, 6.45) is 0.858. The van der Waals surface area contributed by atoms with Gasteiger partial charge in [0.15, 0.2) is 0 Å². The molecule has 3 nitrogen and oxygen atoms in total. The molecule has 1 heterocycles. The van der Waals surface area contributed by atoms with Gasteiger partial charge in [-0.3, -0.25) is 0 Å². The van der Waals surface area contributed by atoms with E-state index in [1.165, 1.54) is 0 Å². The molecule has 2 aromatic rings. The molecule has 0 amide bonds. The molecule has 2 rings (SSSR count). The van der Waals surface area contributed by atoms with Crippen LogP contribution in [-0.2, 0) is 10.3 Å². The maximum absolute atomic E-state index is 5.93. The summed E-state index contributed by atoms with van der Waals surface area (Å²) in [5.74, 6) is 0.842. The van der Waals surface area contributed by atoms with Gasteiger partial charge in [-0.15, -0.1) is 0 Å². The minimum Gasteiger partial charge on any atom is -0.371 e. The van der Waals surface area contributed by atoms with Gasteiger partial charge in [-0.2, -0.15) is 0 Å². The predicted octanol–water partition coefficient (Wildman–Crippen LogP) is 3.49. The first-order valence-corrected chi connectivity index (χ1v) is 5.68. The molecule has 0 bridgehead atoms. The number of aromatic nitrogens is 2. The minimum atomic E-state index is -0.370. The highest BCUT2D eigenvalue weighted by molar-refractivity contribution is 6.31. The molecule has 86 valence electrons. The largest absolute Gasteiger partial charge is 0.371 e. The van der Waals surface area contributed by atoms with Crippen molar-refractivity contribution in [1.82, 2.24) is 9.97 Å². The summed E-state index contributed by atoms with van der Waals surface area (Å²) in [5.41, 5.74) is 1.49. The Labute approximate surface area is 99.8 Å². The van der Waals surface area contributed by atoms with Crippen LogP contribution in [0.1, 0.15) is 26.1 Å². The van der Waals surface area contributed by atoms with Gasteiger partial charge in [0.2, 0.25) is 0 Å². The third-order valence-corrected chi connectivity index (χ3v) is 3.31. The summed E-state index contributed by atoms with van der Waals surface area (Å²) in [4.78, 5) is 7.79. The number of fused-ring (bicyclic) bond motifs is 1. The third-order valence-electron chi connectivity index (χ3n) is 3.07. The minimum absolute atomic E-state index is 0.370. The van der Waals surface area contributed by atoms with Crippen molar-refractivity contribution >= 4 is 22.6 Å². The Morgan fingerprint density at radius 2 is 2.25 bits per heavy atom. The van der Waals surface area contributed by atoms with Crippen molar-refractivity contribution in [3.63, 3.8) is 0 Å². The number of imidazole rings is 1. The molecule has 0 saturated heterocycles. The van der Waals surface area contributed by atoms with Crippen LogP contribution < -0.4 is 0 Å². The molecule has 0 aliphatic heterocycles. The van der Waals surface area contributed by atoms with Gasteiger partial charge < -0.3 is 9.72 Å². The average Bonchev–Trinajstić information content (AvgIpc) is 2.71. The van der Waals surface area contributed by atoms with Crippen molar-refractivity contribution in [2.24, 2.45) is 0 Å². The standard InChI is InChI=1S/C12H15ClN2O/c1-4-12(2,16-3)11-14-9-6-5-8(13)7-10(9)15-11/h5-7H,4H2,1-3H3,(H,14,15). The van der Waals surface area contributed by atoms with Gasteiger partial charge in [0, 0.05) is 12.1 Å². The zero-order chi connectivity index (χ0) is 11.8. The number of H-pyrrole nitrogens is 1. The summed E-state index contributed by atoms with van der Waals surface area (Å²) in [6.45, 7) is 4.09. The fourth-order valence-corrected chi connectivity index (χ4v) is 1.81. The number of nitrogens with zero attached hydrogens (tertiary/aromatic N) is 1. The molecule has 16 heavy (non-hydrogen) atoms. The van der Waals surface area contributed by atoms with Gasteiger partial charge in [0.1, 0.15) is 11.4 Å². The Morgan fingerprint density at radius 1 is 1.50 bits per heavy atom. The van der Waals surface area contributed by atoms with E-state index in [4.69, 9.17) is 16.3 Å². The van der Waals surface area contributed by atoms with E-state index in [1.807, 2.05) is 25.1 Å². The number of hydrogen-bond acceptors (Lipinski definition) is 2. The Morgan fingerprint density at radius 3 is 2.88 bits per heavy atom. The molecule has 4 heteroatoms. The lowest BCUT2D eigenvalue weighted by atomic mass is 10.0. The van der Waals surface area contributed by atoms with Gasteiger partial charge in [0.25, 0.3) is 0 Å².